The zero-order valence-corrected chi connectivity index (χ0v) is 11.7. The van der Waals surface area contributed by atoms with Crippen LogP contribution in [0.3, 0.4) is 0 Å². The first-order valence-electron chi connectivity index (χ1n) is 6.31. The summed E-state index contributed by atoms with van der Waals surface area (Å²) >= 11 is 0. The van der Waals surface area contributed by atoms with Crippen molar-refractivity contribution in [1.29, 1.82) is 0 Å². The van der Waals surface area contributed by atoms with Gasteiger partial charge in [-0.3, -0.25) is 0 Å². The molecule has 1 rings (SSSR count). The Kier molecular flexibility index (Phi) is 4.58. The molecule has 0 saturated carbocycles. The molecular weight excluding hydrogens is 210 g/mol. The van der Waals surface area contributed by atoms with Gasteiger partial charge in [-0.2, -0.15) is 0 Å². The van der Waals surface area contributed by atoms with Crippen molar-refractivity contribution in [3.8, 4) is 0 Å². The van der Waals surface area contributed by atoms with E-state index in [-0.39, 0.29) is 12.0 Å². The molecule has 0 unspecified atom stereocenters. The van der Waals surface area contributed by atoms with Gasteiger partial charge in [0.25, 0.3) is 0 Å². The van der Waals surface area contributed by atoms with Gasteiger partial charge in [-0.1, -0.05) is 39.8 Å². The molecule has 1 aromatic rings. The van der Waals surface area contributed by atoms with Crippen LogP contribution in [0.4, 0.5) is 5.69 Å². The first kappa shape index (κ1) is 14.0. The molecule has 0 aliphatic carbocycles. The van der Waals surface area contributed by atoms with Crippen molar-refractivity contribution in [2.75, 3.05) is 18.5 Å². The maximum atomic E-state index is 9.24. The Bertz CT molecular complexity index is 369. The number of anilines is 1. The van der Waals surface area contributed by atoms with Crippen LogP contribution in [-0.2, 0) is 0 Å². The molecule has 0 atom stereocenters. The van der Waals surface area contributed by atoms with E-state index in [9.17, 15) is 5.11 Å². The second-order valence-corrected chi connectivity index (χ2v) is 5.90. The Labute approximate surface area is 105 Å². The van der Waals surface area contributed by atoms with Gasteiger partial charge in [-0.15, -0.1) is 0 Å². The average Bonchev–Trinajstić information content (AvgIpc) is 2.27. The molecule has 0 heterocycles. The molecule has 0 saturated heterocycles. The molecule has 0 aliphatic rings. The average molecular weight is 235 g/mol. The number of nitrogens with one attached hydrogen (secondary N) is 1. The standard InChI is InChI=1S/C15H25NO/c1-11(2)13-7-6-12(3)14(8-13)16-9-15(4,5)10-17/h6-8,11,16-17H,9-10H2,1-5H3. The summed E-state index contributed by atoms with van der Waals surface area (Å²) < 4.78 is 0. The lowest BCUT2D eigenvalue weighted by Gasteiger charge is -2.23. The molecule has 0 bridgehead atoms. The van der Waals surface area contributed by atoms with Gasteiger partial charge in [0, 0.05) is 24.3 Å². The first-order valence-corrected chi connectivity index (χ1v) is 6.31. The summed E-state index contributed by atoms with van der Waals surface area (Å²) in [5.74, 6) is 0.544. The molecule has 17 heavy (non-hydrogen) atoms. The van der Waals surface area contributed by atoms with E-state index in [2.05, 4.69) is 58.1 Å². The zero-order valence-electron chi connectivity index (χ0n) is 11.7. The molecule has 96 valence electrons. The Balaban J connectivity index is 2.80. The lowest BCUT2D eigenvalue weighted by atomic mass is 9.94. The lowest BCUT2D eigenvalue weighted by Crippen LogP contribution is -2.27. The SMILES string of the molecule is Cc1ccc(C(C)C)cc1NCC(C)(C)CO. The van der Waals surface area contributed by atoms with E-state index in [1.54, 1.807) is 0 Å². The van der Waals surface area contributed by atoms with E-state index in [1.165, 1.54) is 16.8 Å². The van der Waals surface area contributed by atoms with Crippen LogP contribution in [-0.4, -0.2) is 18.3 Å². The predicted molar refractivity (Wildman–Crippen MR) is 74.6 cm³/mol. The van der Waals surface area contributed by atoms with Gasteiger partial charge in [-0.05, 0) is 30.0 Å². The maximum absolute atomic E-state index is 9.24. The molecule has 2 nitrogen and oxygen atoms in total. The van der Waals surface area contributed by atoms with Crippen molar-refractivity contribution in [2.24, 2.45) is 5.41 Å². The van der Waals surface area contributed by atoms with E-state index in [4.69, 9.17) is 0 Å². The van der Waals surface area contributed by atoms with Gasteiger partial charge in [0.15, 0.2) is 0 Å². The van der Waals surface area contributed by atoms with Crippen molar-refractivity contribution in [3.05, 3.63) is 29.3 Å². The summed E-state index contributed by atoms with van der Waals surface area (Å²) in [4.78, 5) is 0. The Morgan fingerprint density at radius 1 is 1.29 bits per heavy atom. The highest BCUT2D eigenvalue weighted by molar-refractivity contribution is 5.53. The van der Waals surface area contributed by atoms with E-state index >= 15 is 0 Å². The van der Waals surface area contributed by atoms with Crippen LogP contribution >= 0.6 is 0 Å². The number of hydrogen-bond acceptors (Lipinski definition) is 2. The van der Waals surface area contributed by atoms with Crippen LogP contribution in [0.1, 0.15) is 44.7 Å². The van der Waals surface area contributed by atoms with Crippen molar-refractivity contribution in [3.63, 3.8) is 0 Å². The normalized spacial score (nSPS) is 11.9. The molecule has 0 amide bonds. The summed E-state index contributed by atoms with van der Waals surface area (Å²) in [7, 11) is 0. The zero-order chi connectivity index (χ0) is 13.1. The smallest absolute Gasteiger partial charge is 0.0498 e. The third kappa shape index (κ3) is 4.04. The molecule has 0 fully saturated rings. The maximum Gasteiger partial charge on any atom is 0.0498 e. The minimum absolute atomic E-state index is 0.0831. The van der Waals surface area contributed by atoms with Gasteiger partial charge in [0.05, 0.1) is 0 Å². The van der Waals surface area contributed by atoms with E-state index in [0.717, 1.165) is 6.54 Å². The topological polar surface area (TPSA) is 32.3 Å². The van der Waals surface area contributed by atoms with Crippen LogP contribution in [0.15, 0.2) is 18.2 Å². The Morgan fingerprint density at radius 3 is 2.47 bits per heavy atom. The van der Waals surface area contributed by atoms with Gasteiger partial charge < -0.3 is 10.4 Å². The molecule has 1 aromatic carbocycles. The third-order valence-electron chi connectivity index (χ3n) is 3.11. The molecule has 0 aliphatic heterocycles. The second-order valence-electron chi connectivity index (χ2n) is 5.90. The fraction of sp³-hybridized carbons (Fsp3) is 0.600. The van der Waals surface area contributed by atoms with Crippen molar-refractivity contribution < 1.29 is 5.11 Å². The first-order chi connectivity index (χ1) is 7.85. The summed E-state index contributed by atoms with van der Waals surface area (Å²) in [5, 5.41) is 12.7. The predicted octanol–water partition coefficient (Wildman–Crippen LogP) is 3.55. The van der Waals surface area contributed by atoms with Crippen LogP contribution < -0.4 is 5.32 Å². The summed E-state index contributed by atoms with van der Waals surface area (Å²) in [6.45, 7) is 11.6. The highest BCUT2D eigenvalue weighted by atomic mass is 16.3. The van der Waals surface area contributed by atoms with E-state index < -0.39 is 0 Å². The minimum Gasteiger partial charge on any atom is -0.396 e. The fourth-order valence-corrected chi connectivity index (χ4v) is 1.58. The summed E-state index contributed by atoms with van der Waals surface area (Å²) in [5.41, 5.74) is 3.70. The van der Waals surface area contributed by atoms with Gasteiger partial charge in [-0.25, -0.2) is 0 Å². The fourth-order valence-electron chi connectivity index (χ4n) is 1.58. The molecular formula is C15H25NO. The monoisotopic (exact) mass is 235 g/mol. The lowest BCUT2D eigenvalue weighted by molar-refractivity contribution is 0.171. The third-order valence-corrected chi connectivity index (χ3v) is 3.11. The van der Waals surface area contributed by atoms with Crippen LogP contribution in [0.2, 0.25) is 0 Å². The van der Waals surface area contributed by atoms with E-state index in [0.29, 0.717) is 5.92 Å². The largest absolute Gasteiger partial charge is 0.396 e. The molecule has 0 aromatic heterocycles. The number of hydrogen-bond donors (Lipinski definition) is 2. The van der Waals surface area contributed by atoms with Gasteiger partial charge in [0.1, 0.15) is 0 Å². The van der Waals surface area contributed by atoms with Crippen LogP contribution in [0.25, 0.3) is 0 Å². The highest BCUT2D eigenvalue weighted by Gasteiger charge is 2.16. The van der Waals surface area contributed by atoms with Gasteiger partial charge >= 0.3 is 0 Å². The molecule has 0 spiro atoms. The van der Waals surface area contributed by atoms with Crippen molar-refractivity contribution in [2.45, 2.75) is 40.5 Å². The van der Waals surface area contributed by atoms with Crippen LogP contribution in [0, 0.1) is 12.3 Å². The number of rotatable bonds is 5. The summed E-state index contributed by atoms with van der Waals surface area (Å²) in [6.07, 6.45) is 0. The molecule has 2 heteroatoms. The quantitative estimate of drug-likeness (QED) is 0.818. The number of aliphatic hydroxyl groups excluding tert-OH is 1. The highest BCUT2D eigenvalue weighted by Crippen LogP contribution is 2.24. The number of aryl methyl sites for hydroxylation is 1. The Morgan fingerprint density at radius 2 is 1.94 bits per heavy atom. The number of benzene rings is 1. The van der Waals surface area contributed by atoms with Crippen molar-refractivity contribution in [1.82, 2.24) is 0 Å². The number of aliphatic hydroxyl groups is 1. The van der Waals surface area contributed by atoms with E-state index in [1.807, 2.05) is 0 Å². The minimum atomic E-state index is -0.0831. The van der Waals surface area contributed by atoms with Gasteiger partial charge in [0.2, 0.25) is 0 Å². The Hall–Kier alpha value is -1.02. The molecule has 0 radical (unpaired) electrons. The molecule has 2 N–H and O–H groups in total. The summed E-state index contributed by atoms with van der Waals surface area (Å²) in [6, 6.07) is 6.55. The van der Waals surface area contributed by atoms with Crippen molar-refractivity contribution >= 4 is 5.69 Å². The second kappa shape index (κ2) is 5.54. The van der Waals surface area contributed by atoms with Crippen LogP contribution in [0.5, 0.6) is 0 Å².